The molecule has 0 aromatic rings. The zero-order chi connectivity index (χ0) is 7.61. The van der Waals surface area contributed by atoms with Crippen LogP contribution in [0.15, 0.2) is 0 Å². The minimum Gasteiger partial charge on any atom is -0.372 e. The van der Waals surface area contributed by atoms with Crippen LogP contribution in [0.4, 0.5) is 0 Å². The van der Waals surface area contributed by atoms with Gasteiger partial charge in [-0.25, -0.2) is 0 Å². The highest BCUT2D eigenvalue weighted by Gasteiger charge is 2.20. The first-order chi connectivity index (χ1) is 4.58. The molecule has 0 aliphatic carbocycles. The fraction of sp³-hybridized carbons (Fsp3) is 0.750. The van der Waals surface area contributed by atoms with Crippen molar-refractivity contribution in [3.63, 3.8) is 0 Å². The van der Waals surface area contributed by atoms with Gasteiger partial charge in [-0.05, 0) is 0 Å². The Morgan fingerprint density at radius 3 is 2.50 bits per heavy atom. The predicted octanol–water partition coefficient (Wildman–Crippen LogP) is 1.66. The van der Waals surface area contributed by atoms with Gasteiger partial charge in [0.1, 0.15) is 8.07 Å². The lowest BCUT2D eigenvalue weighted by Gasteiger charge is -2.02. The van der Waals surface area contributed by atoms with Gasteiger partial charge in [-0.15, -0.1) is 11.5 Å². The van der Waals surface area contributed by atoms with Crippen LogP contribution in [0.1, 0.15) is 6.42 Å². The Kier molecular flexibility index (Phi) is 2.17. The molecule has 56 valence electrons. The second-order valence-electron chi connectivity index (χ2n) is 3.71. The lowest BCUT2D eigenvalue weighted by molar-refractivity contribution is 0.412. The zero-order valence-corrected chi connectivity index (χ0v) is 7.90. The van der Waals surface area contributed by atoms with E-state index in [0.717, 1.165) is 13.0 Å². The van der Waals surface area contributed by atoms with Crippen LogP contribution in [0.2, 0.25) is 19.6 Å². The minimum absolute atomic E-state index is 0.476. The van der Waals surface area contributed by atoms with Gasteiger partial charge in [-0.1, -0.05) is 19.6 Å². The average molecular weight is 154 g/mol. The van der Waals surface area contributed by atoms with Gasteiger partial charge in [-0.3, -0.25) is 0 Å². The van der Waals surface area contributed by atoms with Gasteiger partial charge in [0.05, 0.1) is 12.7 Å². The zero-order valence-electron chi connectivity index (χ0n) is 6.90. The smallest absolute Gasteiger partial charge is 0.129 e. The van der Waals surface area contributed by atoms with Gasteiger partial charge in [0.15, 0.2) is 0 Å². The highest BCUT2D eigenvalue weighted by atomic mass is 28.3. The summed E-state index contributed by atoms with van der Waals surface area (Å²) >= 11 is 0. The molecule has 1 unspecified atom stereocenters. The van der Waals surface area contributed by atoms with Crippen LogP contribution in [-0.4, -0.2) is 20.8 Å². The first-order valence-corrected chi connectivity index (χ1v) is 7.19. The van der Waals surface area contributed by atoms with Crippen molar-refractivity contribution in [2.45, 2.75) is 32.2 Å². The number of rotatable bonds is 1. The summed E-state index contributed by atoms with van der Waals surface area (Å²) in [6, 6.07) is 0. The standard InChI is InChI=1S/C8H14OSi/c1-10(2,3)6-4-5-8-7-9-8/h8H,5,7H2,1-3H3. The topological polar surface area (TPSA) is 12.5 Å². The van der Waals surface area contributed by atoms with Gasteiger partial charge in [0.2, 0.25) is 0 Å². The number of hydrogen-bond acceptors (Lipinski definition) is 1. The summed E-state index contributed by atoms with van der Waals surface area (Å²) in [6.45, 7) is 7.70. The van der Waals surface area contributed by atoms with E-state index in [4.69, 9.17) is 4.74 Å². The summed E-state index contributed by atoms with van der Waals surface area (Å²) in [5.41, 5.74) is 3.30. The highest BCUT2D eigenvalue weighted by molar-refractivity contribution is 6.83. The fourth-order valence-electron chi connectivity index (χ4n) is 0.616. The monoisotopic (exact) mass is 154 g/mol. The molecular formula is C8H14OSi. The molecule has 0 aromatic carbocycles. The predicted molar refractivity (Wildman–Crippen MR) is 45.5 cm³/mol. The van der Waals surface area contributed by atoms with Crippen molar-refractivity contribution in [3.05, 3.63) is 0 Å². The molecule has 0 saturated carbocycles. The molecule has 10 heavy (non-hydrogen) atoms. The van der Waals surface area contributed by atoms with E-state index in [2.05, 4.69) is 31.1 Å². The molecular weight excluding hydrogens is 140 g/mol. The van der Waals surface area contributed by atoms with E-state index < -0.39 is 8.07 Å². The fourth-order valence-corrected chi connectivity index (χ4v) is 1.25. The maximum atomic E-state index is 5.04. The van der Waals surface area contributed by atoms with Crippen molar-refractivity contribution < 1.29 is 4.74 Å². The Morgan fingerprint density at radius 1 is 1.50 bits per heavy atom. The van der Waals surface area contributed by atoms with Crippen LogP contribution in [0.5, 0.6) is 0 Å². The minimum atomic E-state index is -1.11. The Bertz CT molecular complexity index is 166. The quantitative estimate of drug-likeness (QED) is 0.318. The molecule has 0 spiro atoms. The number of epoxide rings is 1. The molecule has 1 fully saturated rings. The Hall–Kier alpha value is -0.263. The van der Waals surface area contributed by atoms with E-state index >= 15 is 0 Å². The molecule has 0 amide bonds. The maximum absolute atomic E-state index is 5.04. The van der Waals surface area contributed by atoms with Gasteiger partial charge < -0.3 is 4.74 Å². The summed E-state index contributed by atoms with van der Waals surface area (Å²) in [7, 11) is -1.11. The summed E-state index contributed by atoms with van der Waals surface area (Å²) in [6.07, 6.45) is 1.42. The van der Waals surface area contributed by atoms with Crippen LogP contribution < -0.4 is 0 Å². The second-order valence-corrected chi connectivity index (χ2v) is 8.46. The van der Waals surface area contributed by atoms with E-state index in [9.17, 15) is 0 Å². The average Bonchev–Trinajstić information content (AvgIpc) is 2.45. The summed E-state index contributed by atoms with van der Waals surface area (Å²) in [5, 5.41) is 0. The normalized spacial score (nSPS) is 23.3. The van der Waals surface area contributed by atoms with Crippen LogP contribution in [0, 0.1) is 11.5 Å². The molecule has 1 nitrogen and oxygen atoms in total. The van der Waals surface area contributed by atoms with Gasteiger partial charge in [0, 0.05) is 6.42 Å². The summed E-state index contributed by atoms with van der Waals surface area (Å²) in [4.78, 5) is 0. The molecule has 1 heterocycles. The van der Waals surface area contributed by atoms with Gasteiger partial charge in [0.25, 0.3) is 0 Å². The van der Waals surface area contributed by atoms with E-state index in [1.165, 1.54) is 0 Å². The maximum Gasteiger partial charge on any atom is 0.129 e. The molecule has 0 radical (unpaired) electrons. The largest absolute Gasteiger partial charge is 0.372 e. The van der Waals surface area contributed by atoms with Crippen LogP contribution in [0.25, 0.3) is 0 Å². The number of hydrogen-bond donors (Lipinski definition) is 0. The van der Waals surface area contributed by atoms with E-state index in [1.54, 1.807) is 0 Å². The van der Waals surface area contributed by atoms with Crippen molar-refractivity contribution in [1.29, 1.82) is 0 Å². The third kappa shape index (κ3) is 3.70. The van der Waals surface area contributed by atoms with Crippen molar-refractivity contribution in [2.75, 3.05) is 6.61 Å². The molecule has 1 aliphatic rings. The third-order valence-electron chi connectivity index (χ3n) is 1.20. The van der Waals surface area contributed by atoms with E-state index in [-0.39, 0.29) is 0 Å². The van der Waals surface area contributed by atoms with Crippen LogP contribution in [-0.2, 0) is 4.74 Å². The molecule has 0 aromatic heterocycles. The number of ether oxygens (including phenoxy) is 1. The third-order valence-corrected chi connectivity index (χ3v) is 2.12. The van der Waals surface area contributed by atoms with Crippen molar-refractivity contribution in [3.8, 4) is 11.5 Å². The Balaban J connectivity index is 2.23. The molecule has 1 rings (SSSR count). The van der Waals surface area contributed by atoms with Gasteiger partial charge in [-0.2, -0.15) is 0 Å². The molecule has 0 N–H and O–H groups in total. The molecule has 0 bridgehead atoms. The first-order valence-electron chi connectivity index (χ1n) is 3.69. The van der Waals surface area contributed by atoms with Crippen molar-refractivity contribution in [1.82, 2.24) is 0 Å². The lowest BCUT2D eigenvalue weighted by Crippen LogP contribution is -2.16. The Labute approximate surface area is 63.8 Å². The molecule has 1 atom stereocenters. The SMILES string of the molecule is C[Si](C)(C)C#CCC1CO1. The van der Waals surface area contributed by atoms with E-state index in [0.29, 0.717) is 6.10 Å². The highest BCUT2D eigenvalue weighted by Crippen LogP contribution is 2.12. The van der Waals surface area contributed by atoms with Crippen molar-refractivity contribution >= 4 is 8.07 Å². The lowest BCUT2D eigenvalue weighted by atomic mass is 10.4. The molecule has 1 aliphatic heterocycles. The first kappa shape index (κ1) is 7.84. The Morgan fingerprint density at radius 2 is 2.10 bits per heavy atom. The van der Waals surface area contributed by atoms with Gasteiger partial charge >= 0.3 is 0 Å². The molecule has 1 saturated heterocycles. The summed E-state index contributed by atoms with van der Waals surface area (Å²) < 4.78 is 5.04. The van der Waals surface area contributed by atoms with Crippen molar-refractivity contribution in [2.24, 2.45) is 0 Å². The second kappa shape index (κ2) is 2.77. The summed E-state index contributed by atoms with van der Waals surface area (Å²) in [5.74, 6) is 3.17. The van der Waals surface area contributed by atoms with Crippen LogP contribution >= 0.6 is 0 Å². The van der Waals surface area contributed by atoms with Crippen LogP contribution in [0.3, 0.4) is 0 Å². The van der Waals surface area contributed by atoms with E-state index in [1.807, 2.05) is 0 Å². The molecule has 2 heteroatoms.